The Morgan fingerprint density at radius 1 is 1.33 bits per heavy atom. The summed E-state index contributed by atoms with van der Waals surface area (Å²) in [5.74, 6) is -0.894. The fourth-order valence-electron chi connectivity index (χ4n) is 4.73. The molecule has 10 nitrogen and oxygen atoms in total. The summed E-state index contributed by atoms with van der Waals surface area (Å²) in [6.07, 6.45) is 1.96. The maximum Gasteiger partial charge on any atom is 0.393 e. The lowest BCUT2D eigenvalue weighted by molar-refractivity contribution is -0.162. The highest BCUT2D eigenvalue weighted by atomic mass is 31.2. The van der Waals surface area contributed by atoms with Crippen molar-refractivity contribution in [3.05, 3.63) is 33.1 Å². The van der Waals surface area contributed by atoms with Crippen molar-refractivity contribution in [1.29, 1.82) is 0 Å². The summed E-state index contributed by atoms with van der Waals surface area (Å²) in [5.41, 5.74) is -3.54. The number of hydrogen-bond acceptors (Lipinski definition) is 8. The minimum Gasteiger partial charge on any atom is -0.356 e. The molecule has 0 bridgehead atoms. The minimum absolute atomic E-state index is 0.0723. The van der Waals surface area contributed by atoms with Crippen LogP contribution in [-0.4, -0.2) is 43.8 Å². The Morgan fingerprint density at radius 3 is 2.60 bits per heavy atom. The molecule has 0 spiro atoms. The van der Waals surface area contributed by atoms with Crippen molar-refractivity contribution in [2.45, 2.75) is 89.0 Å². The monoisotopic (exact) mass is 444 g/mol. The molecule has 3 fully saturated rings. The molecule has 0 aromatic carbocycles. The van der Waals surface area contributed by atoms with E-state index in [1.807, 2.05) is 13.8 Å². The SMILES string of the molecule is CCC1(O)OP1(=O)OC(C)(C)CC1CC(n2ccc(=O)[nH]c2=O)C2OC(C)(C)OC12. The fraction of sp³-hybridized carbons (Fsp3) is 0.789. The Morgan fingerprint density at radius 2 is 2.00 bits per heavy atom. The molecular weight excluding hydrogens is 415 g/mol. The lowest BCUT2D eigenvalue weighted by atomic mass is 9.90. The fourth-order valence-corrected chi connectivity index (χ4v) is 6.70. The van der Waals surface area contributed by atoms with Gasteiger partial charge in [-0.2, -0.15) is 0 Å². The maximum absolute atomic E-state index is 12.7. The zero-order chi connectivity index (χ0) is 22.1. The molecule has 2 saturated heterocycles. The van der Waals surface area contributed by atoms with Gasteiger partial charge in [-0.05, 0) is 46.5 Å². The topological polar surface area (TPSA) is 132 Å². The van der Waals surface area contributed by atoms with E-state index in [2.05, 4.69) is 4.98 Å². The molecule has 3 heterocycles. The summed E-state index contributed by atoms with van der Waals surface area (Å²) < 4.78 is 37.2. The number of aliphatic hydroxyl groups is 1. The molecule has 1 aliphatic carbocycles. The van der Waals surface area contributed by atoms with Crippen LogP contribution in [0.3, 0.4) is 0 Å². The number of H-pyrrole nitrogens is 1. The van der Waals surface area contributed by atoms with E-state index in [9.17, 15) is 19.3 Å². The average molecular weight is 444 g/mol. The number of hydrogen-bond donors (Lipinski definition) is 2. The summed E-state index contributed by atoms with van der Waals surface area (Å²) in [6, 6.07) is 0.974. The Kier molecular flexibility index (Phi) is 5.01. The summed E-state index contributed by atoms with van der Waals surface area (Å²) >= 11 is 0. The van der Waals surface area contributed by atoms with Gasteiger partial charge in [-0.3, -0.25) is 28.0 Å². The first-order valence-corrected chi connectivity index (χ1v) is 11.7. The number of ether oxygens (including phenoxy) is 2. The van der Waals surface area contributed by atoms with Gasteiger partial charge in [0.2, 0.25) is 0 Å². The summed E-state index contributed by atoms with van der Waals surface area (Å²) in [5, 5.41) is 10.1. The van der Waals surface area contributed by atoms with Crippen LogP contribution in [0.25, 0.3) is 0 Å². The van der Waals surface area contributed by atoms with Crippen LogP contribution in [0.2, 0.25) is 0 Å². The lowest BCUT2D eigenvalue weighted by Crippen LogP contribution is -2.36. The third-order valence-electron chi connectivity index (χ3n) is 6.00. The van der Waals surface area contributed by atoms with E-state index in [4.69, 9.17) is 18.5 Å². The number of aromatic nitrogens is 2. The van der Waals surface area contributed by atoms with Crippen molar-refractivity contribution >= 4 is 7.60 Å². The first kappa shape index (κ1) is 21.9. The van der Waals surface area contributed by atoms with Crippen molar-refractivity contribution in [3.8, 4) is 0 Å². The van der Waals surface area contributed by atoms with Crippen LogP contribution in [0, 0.1) is 5.92 Å². The quantitative estimate of drug-likeness (QED) is 0.503. The van der Waals surface area contributed by atoms with Gasteiger partial charge in [-0.15, -0.1) is 0 Å². The predicted molar refractivity (Wildman–Crippen MR) is 106 cm³/mol. The normalized spacial score (nSPS) is 39.8. The Bertz CT molecular complexity index is 1000. The highest BCUT2D eigenvalue weighted by Crippen LogP contribution is 2.80. The second-order valence-corrected chi connectivity index (χ2v) is 11.4. The lowest BCUT2D eigenvalue weighted by Gasteiger charge is -2.30. The van der Waals surface area contributed by atoms with E-state index < -0.39 is 35.8 Å². The molecule has 1 aromatic heterocycles. The van der Waals surface area contributed by atoms with E-state index in [0.717, 1.165) is 0 Å². The number of rotatable bonds is 6. The van der Waals surface area contributed by atoms with Crippen molar-refractivity contribution in [2.24, 2.45) is 5.92 Å². The van der Waals surface area contributed by atoms with Crippen LogP contribution in [0.1, 0.15) is 59.9 Å². The minimum atomic E-state index is -3.57. The molecule has 0 radical (unpaired) electrons. The molecule has 2 aliphatic heterocycles. The Balaban J connectivity index is 1.57. The summed E-state index contributed by atoms with van der Waals surface area (Å²) in [4.78, 5) is 26.1. The molecule has 4 rings (SSSR count). The second-order valence-electron chi connectivity index (χ2n) is 9.39. The van der Waals surface area contributed by atoms with Gasteiger partial charge in [-0.25, -0.2) is 4.79 Å². The smallest absolute Gasteiger partial charge is 0.356 e. The third kappa shape index (κ3) is 3.74. The maximum atomic E-state index is 12.7. The van der Waals surface area contributed by atoms with Crippen molar-refractivity contribution in [2.75, 3.05) is 0 Å². The average Bonchev–Trinajstić information content (AvgIpc) is 2.84. The number of nitrogens with zero attached hydrogens (tertiary/aromatic N) is 1. The van der Waals surface area contributed by atoms with Crippen LogP contribution in [-0.2, 0) is 23.1 Å². The third-order valence-corrected chi connectivity index (χ3v) is 8.38. The molecule has 6 atom stereocenters. The molecule has 2 N–H and O–H groups in total. The van der Waals surface area contributed by atoms with E-state index >= 15 is 0 Å². The summed E-state index contributed by atoms with van der Waals surface area (Å²) in [6.45, 7) is 8.89. The van der Waals surface area contributed by atoms with Gasteiger partial charge >= 0.3 is 13.3 Å². The zero-order valence-electron chi connectivity index (χ0n) is 17.8. The van der Waals surface area contributed by atoms with Crippen molar-refractivity contribution in [1.82, 2.24) is 9.55 Å². The van der Waals surface area contributed by atoms with Gasteiger partial charge in [0.15, 0.2) is 5.79 Å². The standard InChI is InChI=1S/C19H29N2O8P/c1-6-19(24)29-30(19,25)28-17(2,3)10-11-9-12(15-14(11)26-18(4,5)27-15)21-8-7-13(22)20-16(21)23/h7-8,11-12,14-15,24H,6,9-10H2,1-5H3,(H,20,22,23). The molecule has 1 saturated carbocycles. The van der Waals surface area contributed by atoms with Gasteiger partial charge in [0.25, 0.3) is 11.1 Å². The molecule has 30 heavy (non-hydrogen) atoms. The van der Waals surface area contributed by atoms with Crippen LogP contribution < -0.4 is 11.2 Å². The highest BCUT2D eigenvalue weighted by molar-refractivity contribution is 7.61. The van der Waals surface area contributed by atoms with Gasteiger partial charge < -0.3 is 14.6 Å². The number of fused-ring (bicyclic) bond motifs is 1. The second kappa shape index (κ2) is 6.85. The predicted octanol–water partition coefficient (Wildman–Crippen LogP) is 2.08. The Labute approximate surface area is 174 Å². The first-order chi connectivity index (χ1) is 13.8. The van der Waals surface area contributed by atoms with Crippen LogP contribution in [0.5, 0.6) is 0 Å². The largest absolute Gasteiger partial charge is 0.393 e. The van der Waals surface area contributed by atoms with Gasteiger partial charge in [-0.1, -0.05) is 6.92 Å². The Hall–Kier alpha value is -1.29. The van der Waals surface area contributed by atoms with Gasteiger partial charge in [0, 0.05) is 18.7 Å². The van der Waals surface area contributed by atoms with E-state index in [1.165, 1.54) is 16.8 Å². The van der Waals surface area contributed by atoms with Crippen LogP contribution in [0.15, 0.2) is 21.9 Å². The first-order valence-electron chi connectivity index (χ1n) is 10.2. The molecule has 3 aliphatic rings. The van der Waals surface area contributed by atoms with E-state index in [1.54, 1.807) is 20.8 Å². The molecule has 168 valence electrons. The van der Waals surface area contributed by atoms with E-state index in [-0.39, 0.29) is 30.6 Å². The summed E-state index contributed by atoms with van der Waals surface area (Å²) in [7, 11) is -3.57. The molecular formula is C19H29N2O8P. The van der Waals surface area contributed by atoms with E-state index in [0.29, 0.717) is 12.8 Å². The van der Waals surface area contributed by atoms with Crippen LogP contribution in [0.4, 0.5) is 0 Å². The molecule has 1 aromatic rings. The highest BCUT2D eigenvalue weighted by Gasteiger charge is 2.70. The van der Waals surface area contributed by atoms with Crippen molar-refractivity contribution in [3.63, 3.8) is 0 Å². The molecule has 0 amide bonds. The van der Waals surface area contributed by atoms with Crippen LogP contribution >= 0.6 is 7.60 Å². The van der Waals surface area contributed by atoms with Gasteiger partial charge in [0.05, 0.1) is 17.7 Å². The van der Waals surface area contributed by atoms with Gasteiger partial charge in [0.1, 0.15) is 6.10 Å². The molecule has 6 unspecified atom stereocenters. The number of nitrogens with one attached hydrogen (secondary N) is 1. The van der Waals surface area contributed by atoms with Crippen molar-refractivity contribution < 1.29 is 28.2 Å². The molecule has 11 heteroatoms. The zero-order valence-corrected chi connectivity index (χ0v) is 18.7. The number of aromatic amines is 1.